The number of carbonyl (C=O) groups excluding carboxylic acids is 2. The van der Waals surface area contributed by atoms with E-state index in [2.05, 4.69) is 0 Å². The molecule has 0 unspecified atom stereocenters. The summed E-state index contributed by atoms with van der Waals surface area (Å²) >= 11 is 1.31. The zero-order valence-corrected chi connectivity index (χ0v) is 20.6. The molecule has 2 amide bonds. The summed E-state index contributed by atoms with van der Waals surface area (Å²) in [4.78, 5) is 46.7. The molecule has 4 N–H and O–H groups in total. The van der Waals surface area contributed by atoms with Crippen molar-refractivity contribution in [2.45, 2.75) is 35.8 Å². The quantitative estimate of drug-likeness (QED) is 0.355. The molecule has 3 aliphatic heterocycles. The van der Waals surface area contributed by atoms with Crippen LogP contribution in [0.2, 0.25) is 0 Å². The van der Waals surface area contributed by atoms with Crippen LogP contribution in [-0.2, 0) is 29.2 Å². The summed E-state index contributed by atoms with van der Waals surface area (Å²) < 4.78 is 58.2. The highest BCUT2D eigenvalue weighted by atomic mass is 32.2. The Morgan fingerprint density at radius 2 is 1.73 bits per heavy atom. The Bertz CT molecular complexity index is 1320. The first-order valence-electron chi connectivity index (χ1n) is 10.4. The molecule has 0 aliphatic carbocycles. The monoisotopic (exact) mass is 563 g/mol. The van der Waals surface area contributed by atoms with Crippen molar-refractivity contribution < 1.29 is 51.0 Å². The van der Waals surface area contributed by atoms with Gasteiger partial charge in [0.15, 0.2) is 0 Å². The SMILES string of the molecule is Cc1ccc(S(=O)(=O)N2CC/C(=C\C3=C(C(=O)O)N4C(=O)[C@@H](N)[C@H]4SC3)C2=O)cc1.O=C(O)C(F)(F)F. The number of nitrogens with two attached hydrogens (primary N) is 1. The number of β-lactam (4-membered cyclic amide) rings is 1. The van der Waals surface area contributed by atoms with Crippen molar-refractivity contribution >= 4 is 45.5 Å². The number of halogens is 3. The Hall–Kier alpha value is -3.37. The predicted molar refractivity (Wildman–Crippen MR) is 122 cm³/mol. The number of allylic oxidation sites excluding steroid dienone is 1. The summed E-state index contributed by atoms with van der Waals surface area (Å²) in [5, 5.41) is 16.3. The van der Waals surface area contributed by atoms with Crippen molar-refractivity contribution in [2.75, 3.05) is 12.3 Å². The minimum atomic E-state index is -5.08. The number of carboxylic acids is 2. The number of aryl methyl sites for hydroxylation is 1. The molecule has 0 saturated carbocycles. The second kappa shape index (κ2) is 10.2. The van der Waals surface area contributed by atoms with Crippen LogP contribution in [0.25, 0.3) is 0 Å². The third kappa shape index (κ3) is 5.50. The van der Waals surface area contributed by atoms with Crippen molar-refractivity contribution in [2.24, 2.45) is 5.73 Å². The number of fused-ring (bicyclic) bond motifs is 1. The number of carbonyl (C=O) groups is 4. The number of alkyl halides is 3. The summed E-state index contributed by atoms with van der Waals surface area (Å²) in [5.74, 6) is -4.96. The Labute approximate surface area is 212 Å². The first-order valence-corrected chi connectivity index (χ1v) is 12.9. The summed E-state index contributed by atoms with van der Waals surface area (Å²) in [7, 11) is -4.01. The van der Waals surface area contributed by atoms with Crippen LogP contribution in [0.15, 0.2) is 52.1 Å². The molecule has 1 aromatic rings. The third-order valence-electron chi connectivity index (χ3n) is 5.53. The largest absolute Gasteiger partial charge is 0.490 e. The molecule has 2 atom stereocenters. The molecule has 16 heteroatoms. The zero-order chi connectivity index (χ0) is 27.9. The van der Waals surface area contributed by atoms with Gasteiger partial charge in [-0.05, 0) is 37.1 Å². The Morgan fingerprint density at radius 1 is 1.16 bits per heavy atom. The molecule has 0 spiro atoms. The van der Waals surface area contributed by atoms with Gasteiger partial charge < -0.3 is 15.9 Å². The third-order valence-corrected chi connectivity index (χ3v) is 8.65. The van der Waals surface area contributed by atoms with Crippen LogP contribution in [0.1, 0.15) is 12.0 Å². The average Bonchev–Trinajstić information content (AvgIpc) is 3.18. The van der Waals surface area contributed by atoms with Gasteiger partial charge in [-0.1, -0.05) is 17.7 Å². The number of rotatable bonds is 4. The summed E-state index contributed by atoms with van der Waals surface area (Å²) in [6, 6.07) is 5.45. The molecule has 1 aromatic carbocycles. The highest BCUT2D eigenvalue weighted by molar-refractivity contribution is 8.00. The molecule has 0 aromatic heterocycles. The summed E-state index contributed by atoms with van der Waals surface area (Å²) in [6.07, 6.45) is -3.53. The smallest absolute Gasteiger partial charge is 0.477 e. The maximum absolute atomic E-state index is 12.9. The van der Waals surface area contributed by atoms with Crippen LogP contribution in [-0.4, -0.2) is 81.5 Å². The molecule has 11 nitrogen and oxygen atoms in total. The second-order valence-corrected chi connectivity index (χ2v) is 11.0. The number of benzene rings is 1. The fourth-order valence-corrected chi connectivity index (χ4v) is 6.31. The minimum absolute atomic E-state index is 0.0179. The molecule has 0 bridgehead atoms. The number of sulfonamides is 1. The van der Waals surface area contributed by atoms with Crippen LogP contribution in [0.3, 0.4) is 0 Å². The maximum Gasteiger partial charge on any atom is 0.490 e. The molecule has 0 radical (unpaired) electrons. The van der Waals surface area contributed by atoms with E-state index in [4.69, 9.17) is 15.6 Å². The molecule has 2 fully saturated rings. The molecule has 2 saturated heterocycles. The van der Waals surface area contributed by atoms with Crippen molar-refractivity contribution in [3.63, 3.8) is 0 Å². The van der Waals surface area contributed by atoms with E-state index < -0.39 is 51.4 Å². The van der Waals surface area contributed by atoms with Crippen LogP contribution in [0.5, 0.6) is 0 Å². The van der Waals surface area contributed by atoms with E-state index in [1.165, 1.54) is 30.0 Å². The molecular formula is C21H20F3N3O8S2. The molecule has 200 valence electrons. The Balaban J connectivity index is 0.000000479. The number of amides is 2. The van der Waals surface area contributed by atoms with Gasteiger partial charge in [-0.25, -0.2) is 22.3 Å². The highest BCUT2D eigenvalue weighted by Crippen LogP contribution is 2.40. The normalized spacial score (nSPS) is 22.9. The van der Waals surface area contributed by atoms with Crippen LogP contribution >= 0.6 is 11.8 Å². The number of aliphatic carboxylic acids is 2. The van der Waals surface area contributed by atoms with Gasteiger partial charge in [0.2, 0.25) is 5.91 Å². The number of thioether (sulfide) groups is 1. The van der Waals surface area contributed by atoms with Gasteiger partial charge in [0, 0.05) is 17.9 Å². The van der Waals surface area contributed by atoms with E-state index in [0.717, 1.165) is 14.8 Å². The lowest BCUT2D eigenvalue weighted by Crippen LogP contribution is -2.68. The standard InChI is InChI=1S/C19H19N3O6S2.C2HF3O2/c1-10-2-4-13(5-3-10)30(27,28)21-7-6-11(16(21)23)8-12-9-29-18-14(20)17(24)22(18)15(12)19(25)26;3-2(4,5)1(6)7/h2-5,8,14,18H,6-7,9,20H2,1H3,(H,25,26);(H,6,7)/b11-8+;/t14-,18-;/m1./s1. The van der Waals surface area contributed by atoms with Gasteiger partial charge in [0.05, 0.1) is 4.90 Å². The van der Waals surface area contributed by atoms with Crippen molar-refractivity contribution in [3.8, 4) is 0 Å². The van der Waals surface area contributed by atoms with Crippen LogP contribution < -0.4 is 5.73 Å². The summed E-state index contributed by atoms with van der Waals surface area (Å²) in [6.45, 7) is 1.80. The molecule has 37 heavy (non-hydrogen) atoms. The van der Waals surface area contributed by atoms with Gasteiger partial charge in [-0.3, -0.25) is 14.5 Å². The van der Waals surface area contributed by atoms with Crippen molar-refractivity contribution in [1.29, 1.82) is 0 Å². The van der Waals surface area contributed by atoms with E-state index >= 15 is 0 Å². The molecule has 4 rings (SSSR count). The lowest BCUT2D eigenvalue weighted by atomic mass is 10.0. The van der Waals surface area contributed by atoms with Gasteiger partial charge in [0.1, 0.15) is 17.1 Å². The number of hydrogen-bond acceptors (Lipinski definition) is 8. The zero-order valence-electron chi connectivity index (χ0n) is 18.9. The van der Waals surface area contributed by atoms with Crippen molar-refractivity contribution in [1.82, 2.24) is 9.21 Å². The number of carboxylic acid groups (broad SMARTS) is 2. The van der Waals surface area contributed by atoms with Gasteiger partial charge in [-0.2, -0.15) is 13.2 Å². The first-order chi connectivity index (χ1) is 17.1. The summed E-state index contributed by atoms with van der Waals surface area (Å²) in [5.41, 5.74) is 6.90. The molecule has 3 heterocycles. The Morgan fingerprint density at radius 3 is 2.24 bits per heavy atom. The average molecular weight is 564 g/mol. The lowest BCUT2D eigenvalue weighted by Gasteiger charge is -2.47. The fraction of sp³-hybridized carbons (Fsp3) is 0.333. The van der Waals surface area contributed by atoms with Crippen molar-refractivity contribution in [3.05, 3.63) is 52.7 Å². The highest BCUT2D eigenvalue weighted by Gasteiger charge is 2.51. The second-order valence-electron chi connectivity index (χ2n) is 8.03. The maximum atomic E-state index is 12.9. The van der Waals surface area contributed by atoms with Crippen LogP contribution in [0, 0.1) is 6.92 Å². The van der Waals surface area contributed by atoms with E-state index in [1.807, 2.05) is 6.92 Å². The van der Waals surface area contributed by atoms with Gasteiger partial charge >= 0.3 is 18.1 Å². The minimum Gasteiger partial charge on any atom is -0.477 e. The number of hydrogen-bond donors (Lipinski definition) is 3. The topological polar surface area (TPSA) is 175 Å². The fourth-order valence-electron chi connectivity index (χ4n) is 3.65. The lowest BCUT2D eigenvalue weighted by molar-refractivity contribution is -0.192. The molecule has 3 aliphatic rings. The van der Waals surface area contributed by atoms with E-state index in [9.17, 15) is 41.1 Å². The van der Waals surface area contributed by atoms with E-state index in [-0.39, 0.29) is 34.9 Å². The Kier molecular flexibility index (Phi) is 7.76. The predicted octanol–water partition coefficient (Wildman–Crippen LogP) is 1.06. The van der Waals surface area contributed by atoms with E-state index in [1.54, 1.807) is 12.1 Å². The van der Waals surface area contributed by atoms with E-state index in [0.29, 0.717) is 5.57 Å². The van der Waals surface area contributed by atoms with Gasteiger partial charge in [0.25, 0.3) is 15.9 Å². The molecular weight excluding hydrogens is 543 g/mol. The van der Waals surface area contributed by atoms with Gasteiger partial charge in [-0.15, -0.1) is 11.8 Å². The number of nitrogens with zero attached hydrogens (tertiary/aromatic N) is 2. The first kappa shape index (κ1) is 28.2. The van der Waals surface area contributed by atoms with Crippen LogP contribution in [0.4, 0.5) is 13.2 Å².